The third kappa shape index (κ3) is 6.61. The summed E-state index contributed by atoms with van der Waals surface area (Å²) in [6.45, 7) is 7.40. The second kappa shape index (κ2) is 10.4. The van der Waals surface area contributed by atoms with Crippen molar-refractivity contribution in [3.8, 4) is 5.75 Å². The molecule has 0 radical (unpaired) electrons. The van der Waals surface area contributed by atoms with E-state index < -0.39 is 12.2 Å². The quantitative estimate of drug-likeness (QED) is 0.716. The van der Waals surface area contributed by atoms with Gasteiger partial charge in [-0.3, -0.25) is 4.79 Å². The van der Waals surface area contributed by atoms with Crippen LogP contribution in [0.5, 0.6) is 5.75 Å². The van der Waals surface area contributed by atoms with Crippen molar-refractivity contribution in [1.82, 2.24) is 10.2 Å². The summed E-state index contributed by atoms with van der Waals surface area (Å²) in [5.74, 6) is 1.39. The van der Waals surface area contributed by atoms with Crippen LogP contribution in [0, 0.1) is 0 Å². The zero-order chi connectivity index (χ0) is 19.8. The fourth-order valence-corrected chi connectivity index (χ4v) is 3.10. The summed E-state index contributed by atoms with van der Waals surface area (Å²) in [7, 11) is 0. The number of ether oxygens (including phenoxy) is 2. The van der Waals surface area contributed by atoms with Crippen molar-refractivity contribution in [1.29, 1.82) is 0 Å². The van der Waals surface area contributed by atoms with E-state index in [-0.39, 0.29) is 24.4 Å². The van der Waals surface area contributed by atoms with Crippen LogP contribution in [-0.2, 0) is 9.53 Å². The third-order valence-corrected chi connectivity index (χ3v) is 4.80. The van der Waals surface area contributed by atoms with E-state index in [2.05, 4.69) is 19.2 Å². The molecule has 0 bridgehead atoms. The lowest BCUT2D eigenvalue weighted by Gasteiger charge is -2.33. The first kappa shape index (κ1) is 21.4. The molecule has 1 aliphatic heterocycles. The van der Waals surface area contributed by atoms with Crippen molar-refractivity contribution in [3.63, 3.8) is 0 Å². The van der Waals surface area contributed by atoms with E-state index in [1.807, 2.05) is 24.3 Å². The highest BCUT2D eigenvalue weighted by molar-refractivity contribution is 6.18. The average Bonchev–Trinajstić information content (AvgIpc) is 2.66. The zero-order valence-electron chi connectivity index (χ0n) is 16.2. The van der Waals surface area contributed by atoms with E-state index in [0.29, 0.717) is 37.6 Å². The van der Waals surface area contributed by atoms with Crippen LogP contribution in [0.1, 0.15) is 45.1 Å². The Kier molecular flexibility index (Phi) is 8.23. The second-order valence-electron chi connectivity index (χ2n) is 7.05. The van der Waals surface area contributed by atoms with Crippen molar-refractivity contribution in [3.05, 3.63) is 29.8 Å². The molecule has 1 fully saturated rings. The van der Waals surface area contributed by atoms with Gasteiger partial charge in [0.1, 0.15) is 12.4 Å². The second-order valence-corrected chi connectivity index (χ2v) is 7.43. The number of carbonyl (C=O) groups is 2. The van der Waals surface area contributed by atoms with Gasteiger partial charge >= 0.3 is 6.09 Å². The molecule has 1 unspecified atom stereocenters. The van der Waals surface area contributed by atoms with E-state index in [1.54, 1.807) is 11.8 Å². The molecule has 1 aromatic rings. The van der Waals surface area contributed by atoms with Gasteiger partial charge in [0, 0.05) is 19.1 Å². The molecule has 0 aromatic heterocycles. The first-order valence-electron chi connectivity index (χ1n) is 9.45. The molecule has 2 rings (SSSR count). The molecule has 7 heteroatoms. The number of hydrogen-bond acceptors (Lipinski definition) is 4. The van der Waals surface area contributed by atoms with E-state index in [0.717, 1.165) is 0 Å². The SMILES string of the molecule is CC(Oc1ccc(C(C)C)cc1)C(=O)N1CCC(NC(=O)OCCCl)CC1. The topological polar surface area (TPSA) is 67.9 Å². The van der Waals surface area contributed by atoms with Gasteiger partial charge < -0.3 is 19.7 Å². The van der Waals surface area contributed by atoms with E-state index >= 15 is 0 Å². The highest BCUT2D eigenvalue weighted by Crippen LogP contribution is 2.20. The first-order valence-corrected chi connectivity index (χ1v) is 9.98. The van der Waals surface area contributed by atoms with Gasteiger partial charge in [0.2, 0.25) is 0 Å². The van der Waals surface area contributed by atoms with Gasteiger partial charge in [0.15, 0.2) is 6.10 Å². The average molecular weight is 397 g/mol. The van der Waals surface area contributed by atoms with Crippen LogP contribution < -0.4 is 10.1 Å². The fraction of sp³-hybridized carbons (Fsp3) is 0.600. The Morgan fingerprint density at radius 3 is 2.37 bits per heavy atom. The minimum atomic E-state index is -0.548. The van der Waals surface area contributed by atoms with E-state index in [1.165, 1.54) is 5.56 Å². The minimum Gasteiger partial charge on any atom is -0.481 e. The maximum atomic E-state index is 12.6. The highest BCUT2D eigenvalue weighted by Gasteiger charge is 2.27. The number of nitrogens with one attached hydrogen (secondary N) is 1. The summed E-state index contributed by atoms with van der Waals surface area (Å²) in [5, 5.41) is 2.81. The zero-order valence-corrected chi connectivity index (χ0v) is 17.0. The maximum Gasteiger partial charge on any atom is 0.407 e. The van der Waals surface area contributed by atoms with Crippen LogP contribution in [0.3, 0.4) is 0 Å². The molecule has 150 valence electrons. The van der Waals surface area contributed by atoms with Crippen LogP contribution in [0.15, 0.2) is 24.3 Å². The Balaban J connectivity index is 1.78. The molecular weight excluding hydrogens is 368 g/mol. The molecule has 1 heterocycles. The largest absolute Gasteiger partial charge is 0.481 e. The summed E-state index contributed by atoms with van der Waals surface area (Å²) in [4.78, 5) is 26.0. The molecule has 1 aliphatic rings. The van der Waals surface area contributed by atoms with Gasteiger partial charge in [-0.25, -0.2) is 4.79 Å². The molecule has 0 aliphatic carbocycles. The number of likely N-dealkylation sites (tertiary alicyclic amines) is 1. The maximum absolute atomic E-state index is 12.6. The fourth-order valence-electron chi connectivity index (χ4n) is 3.03. The van der Waals surface area contributed by atoms with Crippen molar-refractivity contribution < 1.29 is 19.1 Å². The molecule has 0 spiro atoms. The van der Waals surface area contributed by atoms with Crippen molar-refractivity contribution in [2.75, 3.05) is 25.6 Å². The van der Waals surface area contributed by atoms with Gasteiger partial charge in [0.05, 0.1) is 5.88 Å². The van der Waals surface area contributed by atoms with E-state index in [9.17, 15) is 9.59 Å². The Morgan fingerprint density at radius 2 is 1.81 bits per heavy atom. The molecule has 0 saturated carbocycles. The summed E-state index contributed by atoms with van der Waals surface area (Å²) in [5.41, 5.74) is 1.24. The summed E-state index contributed by atoms with van der Waals surface area (Å²) >= 11 is 5.49. The molecule has 27 heavy (non-hydrogen) atoms. The van der Waals surface area contributed by atoms with Crippen LogP contribution in [0.25, 0.3) is 0 Å². The number of hydrogen-bond donors (Lipinski definition) is 1. The molecule has 1 saturated heterocycles. The van der Waals surface area contributed by atoms with Crippen LogP contribution in [0.2, 0.25) is 0 Å². The van der Waals surface area contributed by atoms with E-state index in [4.69, 9.17) is 21.1 Å². The molecule has 1 aromatic carbocycles. The Hall–Kier alpha value is -1.95. The molecule has 1 atom stereocenters. The Bertz CT molecular complexity index is 613. The van der Waals surface area contributed by atoms with Gasteiger partial charge in [-0.1, -0.05) is 26.0 Å². The van der Waals surface area contributed by atoms with Crippen LogP contribution in [-0.4, -0.2) is 54.6 Å². The van der Waals surface area contributed by atoms with Crippen LogP contribution in [0.4, 0.5) is 4.79 Å². The summed E-state index contributed by atoms with van der Waals surface area (Å²) in [6.07, 6.45) is 0.379. The number of halogens is 1. The first-order chi connectivity index (χ1) is 12.9. The van der Waals surface area contributed by atoms with Gasteiger partial charge in [-0.15, -0.1) is 11.6 Å². The number of nitrogens with zero attached hydrogens (tertiary/aromatic N) is 1. The number of rotatable bonds is 7. The lowest BCUT2D eigenvalue weighted by Crippen LogP contribution is -2.49. The van der Waals surface area contributed by atoms with Crippen molar-refractivity contribution >= 4 is 23.6 Å². The molecule has 6 nitrogen and oxygen atoms in total. The number of alkyl carbamates (subject to hydrolysis) is 1. The summed E-state index contributed by atoms with van der Waals surface area (Å²) in [6, 6.07) is 7.87. The monoisotopic (exact) mass is 396 g/mol. The molecular formula is C20H29ClN2O4. The molecule has 2 amide bonds. The number of benzene rings is 1. The van der Waals surface area contributed by atoms with Crippen LogP contribution >= 0.6 is 11.6 Å². The van der Waals surface area contributed by atoms with Gasteiger partial charge in [0.25, 0.3) is 5.91 Å². The van der Waals surface area contributed by atoms with Gasteiger partial charge in [-0.05, 0) is 43.4 Å². The van der Waals surface area contributed by atoms with Crippen molar-refractivity contribution in [2.24, 2.45) is 0 Å². The van der Waals surface area contributed by atoms with Gasteiger partial charge in [-0.2, -0.15) is 0 Å². The number of amides is 2. The Labute approximate surface area is 166 Å². The highest BCUT2D eigenvalue weighted by atomic mass is 35.5. The number of piperidine rings is 1. The predicted molar refractivity (Wildman–Crippen MR) is 105 cm³/mol. The standard InChI is InChI=1S/C20H29ClN2O4/c1-14(2)16-4-6-18(7-5-16)27-15(3)19(24)23-11-8-17(9-12-23)22-20(25)26-13-10-21/h4-7,14-15,17H,8-13H2,1-3H3,(H,22,25). The predicted octanol–water partition coefficient (Wildman–Crippen LogP) is 3.53. The minimum absolute atomic E-state index is 0.0108. The Morgan fingerprint density at radius 1 is 1.19 bits per heavy atom. The smallest absolute Gasteiger partial charge is 0.407 e. The third-order valence-electron chi connectivity index (χ3n) is 4.65. The lowest BCUT2D eigenvalue weighted by molar-refractivity contribution is -0.139. The molecule has 1 N–H and O–H groups in total. The summed E-state index contributed by atoms with van der Waals surface area (Å²) < 4.78 is 10.7. The normalized spacial score (nSPS) is 16.1. The number of alkyl halides is 1. The lowest BCUT2D eigenvalue weighted by atomic mass is 10.0. The van der Waals surface area contributed by atoms with Crippen molar-refractivity contribution in [2.45, 2.75) is 51.7 Å². The number of carbonyl (C=O) groups excluding carboxylic acids is 2.